The Hall–Kier alpha value is -0.300. The Morgan fingerprint density at radius 3 is 2.87 bits per heavy atom. The molecule has 1 aliphatic rings. The Labute approximate surface area is 95.3 Å². The van der Waals surface area contributed by atoms with Crippen LogP contribution in [0.15, 0.2) is 11.6 Å². The summed E-state index contributed by atoms with van der Waals surface area (Å²) in [5.41, 5.74) is 1.59. The summed E-state index contributed by atoms with van der Waals surface area (Å²) in [6.07, 6.45) is 13.2. The maximum Gasteiger partial charge on any atom is 0.0104 e. The van der Waals surface area contributed by atoms with Crippen LogP contribution >= 0.6 is 0 Å². The molecular formula is C14H27N. The van der Waals surface area contributed by atoms with E-state index >= 15 is 0 Å². The van der Waals surface area contributed by atoms with E-state index in [1.807, 2.05) is 0 Å². The van der Waals surface area contributed by atoms with E-state index in [1.165, 1.54) is 57.9 Å². The molecule has 0 amide bonds. The van der Waals surface area contributed by atoms with Crippen LogP contribution in [0.1, 0.15) is 65.2 Å². The molecule has 1 heterocycles. The smallest absolute Gasteiger partial charge is 0.0104 e. The van der Waals surface area contributed by atoms with Crippen molar-refractivity contribution in [3.05, 3.63) is 11.6 Å². The quantitative estimate of drug-likeness (QED) is 0.514. The Morgan fingerprint density at radius 1 is 1.33 bits per heavy atom. The molecule has 1 aliphatic heterocycles. The molecule has 1 saturated heterocycles. The highest BCUT2D eigenvalue weighted by Gasteiger charge is 2.11. The molecule has 1 rings (SSSR count). The lowest BCUT2D eigenvalue weighted by Crippen LogP contribution is -2.33. The number of piperidine rings is 1. The summed E-state index contributed by atoms with van der Waals surface area (Å²) in [4.78, 5) is 0. The lowest BCUT2D eigenvalue weighted by Gasteiger charge is -2.23. The SMILES string of the molecule is CCCCC/C=C(/C)CC1CCCCN1. The number of allylic oxidation sites excluding steroid dienone is 1. The molecule has 0 aromatic rings. The van der Waals surface area contributed by atoms with Crippen LogP contribution in [0.3, 0.4) is 0 Å². The maximum absolute atomic E-state index is 3.61. The first-order valence-corrected chi connectivity index (χ1v) is 6.72. The van der Waals surface area contributed by atoms with Crippen molar-refractivity contribution in [2.45, 2.75) is 71.3 Å². The minimum Gasteiger partial charge on any atom is -0.314 e. The topological polar surface area (TPSA) is 12.0 Å². The van der Waals surface area contributed by atoms with E-state index in [0.717, 1.165) is 6.04 Å². The first-order chi connectivity index (χ1) is 7.33. The van der Waals surface area contributed by atoms with Gasteiger partial charge in [-0.3, -0.25) is 0 Å². The van der Waals surface area contributed by atoms with E-state index in [2.05, 4.69) is 25.2 Å². The molecule has 0 bridgehead atoms. The third kappa shape index (κ3) is 5.99. The van der Waals surface area contributed by atoms with Gasteiger partial charge < -0.3 is 5.32 Å². The fourth-order valence-corrected chi connectivity index (χ4v) is 2.31. The van der Waals surface area contributed by atoms with E-state index in [0.29, 0.717) is 0 Å². The first-order valence-electron chi connectivity index (χ1n) is 6.72. The summed E-state index contributed by atoms with van der Waals surface area (Å²) in [5.74, 6) is 0. The van der Waals surface area contributed by atoms with Crippen LogP contribution in [0.2, 0.25) is 0 Å². The highest BCUT2D eigenvalue weighted by Crippen LogP contribution is 2.15. The minimum absolute atomic E-state index is 0.765. The lowest BCUT2D eigenvalue weighted by atomic mass is 9.98. The lowest BCUT2D eigenvalue weighted by molar-refractivity contribution is 0.398. The Balaban J connectivity index is 2.12. The molecule has 0 saturated carbocycles. The van der Waals surface area contributed by atoms with E-state index in [9.17, 15) is 0 Å². The van der Waals surface area contributed by atoms with Crippen molar-refractivity contribution < 1.29 is 0 Å². The molecule has 0 radical (unpaired) electrons. The monoisotopic (exact) mass is 209 g/mol. The average molecular weight is 209 g/mol. The molecule has 15 heavy (non-hydrogen) atoms. The normalized spacial score (nSPS) is 23.1. The van der Waals surface area contributed by atoms with Gasteiger partial charge in [-0.15, -0.1) is 0 Å². The zero-order valence-electron chi connectivity index (χ0n) is 10.5. The number of hydrogen-bond donors (Lipinski definition) is 1. The van der Waals surface area contributed by atoms with Gasteiger partial charge in [-0.05, 0) is 45.6 Å². The van der Waals surface area contributed by atoms with Gasteiger partial charge in [0.25, 0.3) is 0 Å². The number of nitrogens with one attached hydrogen (secondary N) is 1. The van der Waals surface area contributed by atoms with Crippen molar-refractivity contribution in [1.82, 2.24) is 5.32 Å². The summed E-state index contributed by atoms with van der Waals surface area (Å²) in [6.45, 7) is 5.79. The van der Waals surface area contributed by atoms with Gasteiger partial charge in [-0.25, -0.2) is 0 Å². The van der Waals surface area contributed by atoms with E-state index < -0.39 is 0 Å². The van der Waals surface area contributed by atoms with Crippen LogP contribution in [0.25, 0.3) is 0 Å². The van der Waals surface area contributed by atoms with Crippen molar-refractivity contribution in [2.24, 2.45) is 0 Å². The van der Waals surface area contributed by atoms with Crippen molar-refractivity contribution in [3.63, 3.8) is 0 Å². The maximum atomic E-state index is 3.61. The second-order valence-electron chi connectivity index (χ2n) is 4.90. The fourth-order valence-electron chi connectivity index (χ4n) is 2.31. The predicted molar refractivity (Wildman–Crippen MR) is 68.2 cm³/mol. The van der Waals surface area contributed by atoms with Crippen LogP contribution in [0.4, 0.5) is 0 Å². The molecule has 1 N–H and O–H groups in total. The van der Waals surface area contributed by atoms with Crippen molar-refractivity contribution in [1.29, 1.82) is 0 Å². The Bertz CT molecular complexity index is 178. The van der Waals surface area contributed by atoms with Gasteiger partial charge in [0, 0.05) is 6.04 Å². The molecule has 0 aromatic carbocycles. The first kappa shape index (κ1) is 12.8. The summed E-state index contributed by atoms with van der Waals surface area (Å²) >= 11 is 0. The third-order valence-electron chi connectivity index (χ3n) is 3.28. The van der Waals surface area contributed by atoms with Crippen molar-refractivity contribution in [3.8, 4) is 0 Å². The molecule has 1 unspecified atom stereocenters. The van der Waals surface area contributed by atoms with E-state index in [1.54, 1.807) is 5.57 Å². The molecule has 0 spiro atoms. The van der Waals surface area contributed by atoms with Crippen LogP contribution < -0.4 is 5.32 Å². The average Bonchev–Trinajstić information content (AvgIpc) is 2.26. The fraction of sp³-hybridized carbons (Fsp3) is 0.857. The molecule has 0 aromatic heterocycles. The molecular weight excluding hydrogens is 182 g/mol. The van der Waals surface area contributed by atoms with Gasteiger partial charge >= 0.3 is 0 Å². The van der Waals surface area contributed by atoms with Crippen LogP contribution in [-0.4, -0.2) is 12.6 Å². The van der Waals surface area contributed by atoms with Crippen molar-refractivity contribution in [2.75, 3.05) is 6.54 Å². The van der Waals surface area contributed by atoms with Crippen LogP contribution in [-0.2, 0) is 0 Å². The van der Waals surface area contributed by atoms with E-state index in [4.69, 9.17) is 0 Å². The molecule has 1 heteroatoms. The molecule has 88 valence electrons. The Kier molecular flexibility index (Phi) is 6.74. The van der Waals surface area contributed by atoms with Gasteiger partial charge in [0.1, 0.15) is 0 Å². The molecule has 1 fully saturated rings. The van der Waals surface area contributed by atoms with Crippen molar-refractivity contribution >= 4 is 0 Å². The number of rotatable bonds is 6. The van der Waals surface area contributed by atoms with Crippen LogP contribution in [0, 0.1) is 0 Å². The van der Waals surface area contributed by atoms with Gasteiger partial charge in [-0.1, -0.05) is 37.8 Å². The second kappa shape index (κ2) is 7.92. The van der Waals surface area contributed by atoms with Gasteiger partial charge in [-0.2, -0.15) is 0 Å². The highest BCUT2D eigenvalue weighted by molar-refractivity contribution is 5.01. The van der Waals surface area contributed by atoms with Crippen LogP contribution in [0.5, 0.6) is 0 Å². The molecule has 0 aliphatic carbocycles. The summed E-state index contributed by atoms with van der Waals surface area (Å²) in [7, 11) is 0. The summed E-state index contributed by atoms with van der Waals surface area (Å²) in [6, 6.07) is 0.765. The Morgan fingerprint density at radius 2 is 2.20 bits per heavy atom. The second-order valence-corrected chi connectivity index (χ2v) is 4.90. The zero-order chi connectivity index (χ0) is 10.9. The predicted octanol–water partition coefficient (Wildman–Crippen LogP) is 4.05. The van der Waals surface area contributed by atoms with Gasteiger partial charge in [0.15, 0.2) is 0 Å². The summed E-state index contributed by atoms with van der Waals surface area (Å²) < 4.78 is 0. The largest absolute Gasteiger partial charge is 0.314 e. The number of unbranched alkanes of at least 4 members (excludes halogenated alkanes) is 3. The minimum atomic E-state index is 0.765. The standard InChI is InChI=1S/C14H27N/c1-3-4-5-6-9-13(2)12-14-10-7-8-11-15-14/h9,14-15H,3-8,10-12H2,1-2H3/b13-9-. The van der Waals surface area contributed by atoms with Gasteiger partial charge in [0.2, 0.25) is 0 Å². The third-order valence-corrected chi connectivity index (χ3v) is 3.28. The molecule has 1 atom stereocenters. The van der Waals surface area contributed by atoms with E-state index in [-0.39, 0.29) is 0 Å². The van der Waals surface area contributed by atoms with Gasteiger partial charge in [0.05, 0.1) is 0 Å². The number of hydrogen-bond acceptors (Lipinski definition) is 1. The zero-order valence-corrected chi connectivity index (χ0v) is 10.5. The highest BCUT2D eigenvalue weighted by atomic mass is 14.9. The molecule has 1 nitrogen and oxygen atoms in total. The summed E-state index contributed by atoms with van der Waals surface area (Å²) in [5, 5.41) is 3.61.